The molecule has 0 amide bonds. The van der Waals surface area contributed by atoms with Crippen LogP contribution in [-0.2, 0) is 4.74 Å². The van der Waals surface area contributed by atoms with Gasteiger partial charge in [-0.3, -0.25) is 0 Å². The zero-order valence-electron chi connectivity index (χ0n) is 4.01. The van der Waals surface area contributed by atoms with Crippen molar-refractivity contribution in [2.24, 2.45) is 0 Å². The van der Waals surface area contributed by atoms with Crippen molar-refractivity contribution in [1.29, 1.82) is 0 Å². The molecule has 0 saturated carbocycles. The SMILES string of the molecule is CCOC(=S)[S][Tl]. The molecule has 0 aromatic rings. The number of ether oxygens (including phenoxy) is 1. The van der Waals surface area contributed by atoms with Gasteiger partial charge in [-0.1, -0.05) is 0 Å². The van der Waals surface area contributed by atoms with Crippen molar-refractivity contribution in [3.63, 3.8) is 0 Å². The topological polar surface area (TPSA) is 9.23 Å². The van der Waals surface area contributed by atoms with Crippen LogP contribution in [0.4, 0.5) is 0 Å². The Kier molecular flexibility index (Phi) is 6.18. The molecule has 0 N–H and O–H groups in total. The van der Waals surface area contributed by atoms with E-state index in [0.717, 1.165) is 24.3 Å². The normalized spacial score (nSPS) is 8.00. The Labute approximate surface area is 67.0 Å². The summed E-state index contributed by atoms with van der Waals surface area (Å²) < 4.78 is 5.63. The van der Waals surface area contributed by atoms with Gasteiger partial charge in [-0.2, -0.15) is 0 Å². The van der Waals surface area contributed by atoms with E-state index in [1.54, 1.807) is 8.31 Å². The summed E-state index contributed by atoms with van der Waals surface area (Å²) in [4.78, 5) is 0. The van der Waals surface area contributed by atoms with Crippen molar-refractivity contribution >= 4 is 49.2 Å². The van der Waals surface area contributed by atoms with Crippen molar-refractivity contribution in [3.05, 3.63) is 0 Å². The molecule has 7 heavy (non-hydrogen) atoms. The maximum absolute atomic E-state index is 4.93. The van der Waals surface area contributed by atoms with Crippen LogP contribution in [0.25, 0.3) is 0 Å². The van der Waals surface area contributed by atoms with Gasteiger partial charge in [0, 0.05) is 0 Å². The minimum atomic E-state index is 0.701. The molecule has 38 valence electrons. The second-order valence-corrected chi connectivity index (χ2v) is 4.79. The van der Waals surface area contributed by atoms with Crippen molar-refractivity contribution in [2.75, 3.05) is 6.61 Å². The third-order valence-corrected chi connectivity index (χ3v) is 5.56. The molecule has 0 aliphatic heterocycles. The maximum atomic E-state index is 4.93. The predicted molar refractivity (Wildman–Crippen MR) is 37.6 cm³/mol. The molecule has 0 saturated heterocycles. The van der Waals surface area contributed by atoms with Crippen molar-refractivity contribution in [3.8, 4) is 0 Å². The fourth-order valence-electron chi connectivity index (χ4n) is 0.152. The van der Waals surface area contributed by atoms with Crippen LogP contribution in [0.3, 0.4) is 0 Å². The first-order valence-corrected chi connectivity index (χ1v) is 8.63. The molecule has 0 spiro atoms. The molecule has 0 rings (SSSR count). The minimum absolute atomic E-state index is 0.701. The molecule has 0 radical (unpaired) electrons. The van der Waals surface area contributed by atoms with Crippen LogP contribution >= 0.6 is 20.5 Å². The number of hydrogen-bond acceptors (Lipinski definition) is 3. The molecule has 0 fully saturated rings. The van der Waals surface area contributed by atoms with Crippen LogP contribution in [0.15, 0.2) is 0 Å². The van der Waals surface area contributed by atoms with E-state index in [4.69, 9.17) is 17.0 Å². The van der Waals surface area contributed by atoms with Gasteiger partial charge in [0.1, 0.15) is 0 Å². The van der Waals surface area contributed by atoms with E-state index in [1.807, 2.05) is 6.92 Å². The van der Waals surface area contributed by atoms with Crippen molar-refractivity contribution in [1.82, 2.24) is 0 Å². The molecule has 4 heteroatoms. The van der Waals surface area contributed by atoms with Crippen molar-refractivity contribution in [2.45, 2.75) is 6.92 Å². The molecule has 0 aliphatic rings. The monoisotopic (exact) mass is 326 g/mol. The standard InChI is InChI=1S/C3H6OS2.Tl/c1-2-4-3(5)6;/h2H2,1H3,(H,5,6);/q;+1/p-1. The van der Waals surface area contributed by atoms with Gasteiger partial charge in [0.25, 0.3) is 0 Å². The summed E-state index contributed by atoms with van der Waals surface area (Å²) in [7, 11) is 1.63. The Morgan fingerprint density at radius 1 is 2.00 bits per heavy atom. The predicted octanol–water partition coefficient (Wildman–Crippen LogP) is 1.12. The Hall–Kier alpha value is 1.16. The average Bonchev–Trinajstić information content (AvgIpc) is 1.68. The molecule has 0 heterocycles. The summed E-state index contributed by atoms with van der Waals surface area (Å²) in [5.41, 5.74) is 0. The molecule has 0 aromatic carbocycles. The van der Waals surface area contributed by atoms with E-state index in [1.165, 1.54) is 0 Å². The van der Waals surface area contributed by atoms with Gasteiger partial charge >= 0.3 is 67.4 Å². The molecule has 0 aliphatic carbocycles. The van der Waals surface area contributed by atoms with Crippen LogP contribution in [0.5, 0.6) is 0 Å². The first kappa shape index (κ1) is 8.16. The van der Waals surface area contributed by atoms with Crippen LogP contribution in [0, 0.1) is 0 Å². The molecular weight excluding hydrogens is 321 g/mol. The van der Waals surface area contributed by atoms with E-state index < -0.39 is 0 Å². The van der Waals surface area contributed by atoms with Crippen LogP contribution in [0.2, 0.25) is 0 Å². The van der Waals surface area contributed by atoms with Gasteiger partial charge < -0.3 is 0 Å². The number of rotatable bonds is 1. The van der Waals surface area contributed by atoms with Gasteiger partial charge in [-0.05, 0) is 0 Å². The molecule has 1 nitrogen and oxygen atoms in total. The quantitative estimate of drug-likeness (QED) is 0.528. The van der Waals surface area contributed by atoms with Gasteiger partial charge in [0.2, 0.25) is 0 Å². The summed E-state index contributed by atoms with van der Waals surface area (Å²) in [6.45, 7) is 2.64. The average molecular weight is 326 g/mol. The second-order valence-electron chi connectivity index (χ2n) is 0.801. The van der Waals surface area contributed by atoms with E-state index in [-0.39, 0.29) is 0 Å². The van der Waals surface area contributed by atoms with E-state index >= 15 is 0 Å². The van der Waals surface area contributed by atoms with Crippen molar-refractivity contribution < 1.29 is 4.74 Å². The summed E-state index contributed by atoms with van der Waals surface area (Å²) in [6, 6.07) is 0. The third kappa shape index (κ3) is 5.03. The Morgan fingerprint density at radius 3 is 2.71 bits per heavy atom. The Bertz CT molecular complexity index is 66.0. The summed E-state index contributed by atoms with van der Waals surface area (Å²) in [6.07, 6.45) is 0. The van der Waals surface area contributed by atoms with Crippen LogP contribution in [0.1, 0.15) is 6.92 Å². The molecule has 0 atom stereocenters. The van der Waals surface area contributed by atoms with Crippen LogP contribution < -0.4 is 0 Å². The van der Waals surface area contributed by atoms with Gasteiger partial charge in [0.15, 0.2) is 0 Å². The Morgan fingerprint density at radius 2 is 2.57 bits per heavy atom. The number of hydrogen-bond donors (Lipinski definition) is 0. The second kappa shape index (κ2) is 5.30. The molecule has 0 aromatic heterocycles. The zero-order chi connectivity index (χ0) is 5.70. The van der Waals surface area contributed by atoms with Gasteiger partial charge in [0.05, 0.1) is 0 Å². The number of thiocarbonyl (C=S) groups is 1. The van der Waals surface area contributed by atoms with E-state index in [9.17, 15) is 0 Å². The van der Waals surface area contributed by atoms with Gasteiger partial charge in [-0.25, -0.2) is 0 Å². The first-order valence-electron chi connectivity index (χ1n) is 1.84. The first-order chi connectivity index (χ1) is 3.31. The zero-order valence-corrected chi connectivity index (χ0v) is 10.1. The van der Waals surface area contributed by atoms with Crippen LogP contribution in [-0.4, -0.2) is 35.3 Å². The molecule has 0 unspecified atom stereocenters. The Balaban J connectivity index is 3.00. The third-order valence-electron chi connectivity index (χ3n) is 0.358. The molecule has 0 bridgehead atoms. The fourth-order valence-corrected chi connectivity index (χ4v) is 1.25. The van der Waals surface area contributed by atoms with Gasteiger partial charge in [-0.15, -0.1) is 0 Å². The fraction of sp³-hybridized carbons (Fsp3) is 0.667. The summed E-state index contributed by atoms with van der Waals surface area (Å²) >= 11 is 5.60. The summed E-state index contributed by atoms with van der Waals surface area (Å²) in [5.74, 6) is 0. The molecular formula is C3H5OS2Tl. The van der Waals surface area contributed by atoms with E-state index in [0.29, 0.717) is 11.0 Å². The summed E-state index contributed by atoms with van der Waals surface area (Å²) in [5, 5.41) is 0. The van der Waals surface area contributed by atoms with E-state index in [2.05, 4.69) is 0 Å².